The van der Waals surface area contributed by atoms with Crippen LogP contribution in [0, 0.1) is 0 Å². The lowest BCUT2D eigenvalue weighted by molar-refractivity contribution is -0.192. The molecule has 0 bridgehead atoms. The number of carboxylic acid groups (broad SMARTS) is 1. The maximum Gasteiger partial charge on any atom is 0.490 e. The number of hydrogen-bond donors (Lipinski definition) is 2. The van der Waals surface area contributed by atoms with Gasteiger partial charge in [0.05, 0.1) is 27.3 Å². The van der Waals surface area contributed by atoms with Crippen LogP contribution >= 0.6 is 11.6 Å². The summed E-state index contributed by atoms with van der Waals surface area (Å²) in [4.78, 5) is 24.5. The van der Waals surface area contributed by atoms with Crippen LogP contribution in [0.4, 0.5) is 38.0 Å². The van der Waals surface area contributed by atoms with Gasteiger partial charge in [0.15, 0.2) is 0 Å². The van der Waals surface area contributed by atoms with Crippen molar-refractivity contribution in [2.75, 3.05) is 36.0 Å². The second-order valence-electron chi connectivity index (χ2n) is 6.89. The fraction of sp³-hybridized carbons (Fsp3) is 0.316. The third kappa shape index (κ3) is 5.97. The molecule has 0 radical (unpaired) electrons. The monoisotopic (exact) mass is 495 g/mol. The number of fused-ring (bicyclic) bond motifs is 1. The summed E-state index contributed by atoms with van der Waals surface area (Å²) < 4.78 is 70.3. The molecule has 1 saturated heterocycles. The predicted octanol–water partition coefficient (Wildman–Crippen LogP) is 4.59. The summed E-state index contributed by atoms with van der Waals surface area (Å²) in [6.07, 6.45) is -6.14. The Morgan fingerprint density at radius 1 is 1.03 bits per heavy atom. The maximum absolute atomic E-state index is 12.8. The Morgan fingerprint density at radius 3 is 2.18 bits per heavy atom. The number of imidazole rings is 1. The van der Waals surface area contributed by atoms with Crippen molar-refractivity contribution in [3.05, 3.63) is 47.2 Å². The van der Waals surface area contributed by atoms with Crippen molar-refractivity contribution in [2.45, 2.75) is 12.4 Å². The first kappa shape index (κ1) is 24.4. The van der Waals surface area contributed by atoms with Crippen LogP contribution in [0.5, 0.6) is 0 Å². The average molecular weight is 496 g/mol. The van der Waals surface area contributed by atoms with Gasteiger partial charge in [0.25, 0.3) is 0 Å². The number of alkyl halides is 6. The van der Waals surface area contributed by atoms with Crippen molar-refractivity contribution in [1.29, 1.82) is 0 Å². The van der Waals surface area contributed by atoms with Crippen molar-refractivity contribution in [1.82, 2.24) is 15.0 Å². The number of halogens is 7. The maximum atomic E-state index is 12.8. The molecular weight excluding hydrogens is 480 g/mol. The van der Waals surface area contributed by atoms with Crippen LogP contribution in [0.15, 0.2) is 36.7 Å². The lowest BCUT2D eigenvalue weighted by Gasteiger charge is -2.36. The Morgan fingerprint density at radius 2 is 1.64 bits per heavy atom. The SMILES string of the molecule is FC(F)(F)c1ccc2nc(N3CCN(c4ccncc4Cl)CC3)[nH]c2c1.O=C(O)C(F)(F)F. The van der Waals surface area contributed by atoms with E-state index in [1.54, 1.807) is 12.4 Å². The van der Waals surface area contributed by atoms with E-state index >= 15 is 0 Å². The number of aromatic amines is 1. The van der Waals surface area contributed by atoms with E-state index in [1.165, 1.54) is 6.07 Å². The number of aliphatic carboxylic acids is 1. The predicted molar refractivity (Wildman–Crippen MR) is 108 cm³/mol. The highest BCUT2D eigenvalue weighted by Gasteiger charge is 2.38. The van der Waals surface area contributed by atoms with Crippen LogP contribution in [0.25, 0.3) is 11.0 Å². The lowest BCUT2D eigenvalue weighted by Crippen LogP contribution is -2.47. The second-order valence-corrected chi connectivity index (χ2v) is 7.30. The van der Waals surface area contributed by atoms with Gasteiger partial charge in [-0.15, -0.1) is 0 Å². The van der Waals surface area contributed by atoms with Gasteiger partial charge in [-0.2, -0.15) is 26.3 Å². The number of rotatable bonds is 2. The first-order valence-electron chi connectivity index (χ1n) is 9.33. The summed E-state index contributed by atoms with van der Waals surface area (Å²) >= 11 is 6.19. The zero-order valence-corrected chi connectivity index (χ0v) is 17.3. The molecule has 0 amide bonds. The highest BCUT2D eigenvalue weighted by Crippen LogP contribution is 2.32. The average Bonchev–Trinajstić information content (AvgIpc) is 3.17. The van der Waals surface area contributed by atoms with E-state index < -0.39 is 23.9 Å². The van der Waals surface area contributed by atoms with Crippen molar-refractivity contribution >= 4 is 40.2 Å². The molecule has 14 heteroatoms. The van der Waals surface area contributed by atoms with E-state index in [-0.39, 0.29) is 0 Å². The molecule has 2 aromatic heterocycles. The Bertz CT molecular complexity index is 1130. The zero-order chi connectivity index (χ0) is 24.4. The number of anilines is 2. The number of aromatic nitrogens is 3. The minimum atomic E-state index is -5.08. The molecule has 0 unspecified atom stereocenters. The van der Waals surface area contributed by atoms with Crippen LogP contribution in [0.1, 0.15) is 5.56 Å². The van der Waals surface area contributed by atoms with Gasteiger partial charge in [-0.1, -0.05) is 11.6 Å². The summed E-state index contributed by atoms with van der Waals surface area (Å²) in [6, 6.07) is 5.41. The molecule has 1 fully saturated rings. The summed E-state index contributed by atoms with van der Waals surface area (Å²) in [6.45, 7) is 2.83. The molecule has 3 aromatic rings. The second kappa shape index (κ2) is 9.33. The van der Waals surface area contributed by atoms with Gasteiger partial charge in [-0.05, 0) is 24.3 Å². The van der Waals surface area contributed by atoms with Crippen LogP contribution in [0.3, 0.4) is 0 Å². The lowest BCUT2D eigenvalue weighted by atomic mass is 10.2. The van der Waals surface area contributed by atoms with E-state index in [4.69, 9.17) is 21.5 Å². The quantitative estimate of drug-likeness (QED) is 0.506. The number of H-pyrrole nitrogens is 1. The van der Waals surface area contributed by atoms with Gasteiger partial charge in [-0.25, -0.2) is 9.78 Å². The number of carbonyl (C=O) groups is 1. The molecule has 4 rings (SSSR count). The molecule has 1 aliphatic heterocycles. The first-order valence-corrected chi connectivity index (χ1v) is 9.70. The molecular formula is C19H16ClF6N5O2. The standard InChI is InChI=1S/C17H15ClF3N5.C2HF3O2/c18-12-10-22-4-3-15(12)25-5-7-26(8-6-25)16-23-13-2-1-11(17(19,20)21)9-14(13)24-16;3-2(4,5)1(6)7/h1-4,9-10H,5-8H2,(H,23,24);(H,6,7). The molecule has 7 nitrogen and oxygen atoms in total. The summed E-state index contributed by atoms with van der Waals surface area (Å²) in [5.41, 5.74) is 1.15. The molecule has 1 aromatic carbocycles. The van der Waals surface area contributed by atoms with E-state index in [0.29, 0.717) is 35.1 Å². The zero-order valence-electron chi connectivity index (χ0n) is 16.6. The van der Waals surface area contributed by atoms with E-state index in [0.717, 1.165) is 30.9 Å². The number of pyridine rings is 1. The van der Waals surface area contributed by atoms with Crippen molar-refractivity contribution in [2.24, 2.45) is 0 Å². The summed E-state index contributed by atoms with van der Waals surface area (Å²) in [5.74, 6) is -2.17. The topological polar surface area (TPSA) is 85.4 Å². The molecule has 0 saturated carbocycles. The number of carboxylic acids is 1. The van der Waals surface area contributed by atoms with Crippen LogP contribution in [-0.2, 0) is 11.0 Å². The number of nitrogens with zero attached hydrogens (tertiary/aromatic N) is 4. The van der Waals surface area contributed by atoms with Crippen LogP contribution in [0.2, 0.25) is 5.02 Å². The third-order valence-corrected chi connectivity index (χ3v) is 5.00. The first-order chi connectivity index (χ1) is 15.4. The number of nitrogens with one attached hydrogen (secondary N) is 1. The summed E-state index contributed by atoms with van der Waals surface area (Å²) in [7, 11) is 0. The van der Waals surface area contributed by atoms with Gasteiger partial charge in [0.1, 0.15) is 0 Å². The number of hydrogen-bond acceptors (Lipinski definition) is 5. The largest absolute Gasteiger partial charge is 0.490 e. The molecule has 178 valence electrons. The highest BCUT2D eigenvalue weighted by atomic mass is 35.5. The summed E-state index contributed by atoms with van der Waals surface area (Å²) in [5, 5.41) is 7.73. The van der Waals surface area contributed by atoms with Crippen LogP contribution in [-0.4, -0.2) is 58.4 Å². The molecule has 2 N–H and O–H groups in total. The van der Waals surface area contributed by atoms with E-state index in [9.17, 15) is 26.3 Å². The third-order valence-electron chi connectivity index (χ3n) is 4.71. The minimum Gasteiger partial charge on any atom is -0.475 e. The normalized spacial score (nSPS) is 14.8. The van der Waals surface area contributed by atoms with Gasteiger partial charge < -0.3 is 19.9 Å². The number of benzene rings is 1. The fourth-order valence-corrected chi connectivity index (χ4v) is 3.34. The van der Waals surface area contributed by atoms with Gasteiger partial charge in [-0.3, -0.25) is 4.98 Å². The molecule has 0 aliphatic carbocycles. The molecule has 0 spiro atoms. The smallest absolute Gasteiger partial charge is 0.475 e. The van der Waals surface area contributed by atoms with Crippen LogP contribution < -0.4 is 9.80 Å². The molecule has 33 heavy (non-hydrogen) atoms. The van der Waals surface area contributed by atoms with Gasteiger partial charge >= 0.3 is 18.3 Å². The van der Waals surface area contributed by atoms with Crippen molar-refractivity contribution in [3.63, 3.8) is 0 Å². The Balaban J connectivity index is 0.000000383. The molecule has 1 aliphatic rings. The van der Waals surface area contributed by atoms with Gasteiger partial charge in [0.2, 0.25) is 5.95 Å². The van der Waals surface area contributed by atoms with E-state index in [2.05, 4.69) is 19.9 Å². The Hall–Kier alpha value is -3.22. The minimum absolute atomic E-state index is 0.384. The van der Waals surface area contributed by atoms with Crippen molar-refractivity contribution < 1.29 is 36.2 Å². The fourth-order valence-electron chi connectivity index (χ4n) is 3.11. The molecule has 3 heterocycles. The Kier molecular flexibility index (Phi) is 6.91. The molecule has 0 atom stereocenters. The van der Waals surface area contributed by atoms with E-state index in [1.807, 2.05) is 11.0 Å². The number of piperazine rings is 1. The Labute approximate surface area is 187 Å². The highest BCUT2D eigenvalue weighted by molar-refractivity contribution is 6.33. The van der Waals surface area contributed by atoms with Gasteiger partial charge in [0, 0.05) is 38.6 Å². The van der Waals surface area contributed by atoms with Crippen molar-refractivity contribution in [3.8, 4) is 0 Å².